The first kappa shape index (κ1) is 18.4. The molecule has 1 saturated heterocycles. The number of hydrogen-bond donors (Lipinski definition) is 3. The largest absolute Gasteiger partial charge is 0.370 e. The first-order valence-corrected chi connectivity index (χ1v) is 8.70. The topological polar surface area (TPSA) is 93.8 Å². The number of halogens is 3. The van der Waals surface area contributed by atoms with Gasteiger partial charge in [-0.15, -0.1) is 0 Å². The number of aromatic nitrogens is 2. The minimum absolute atomic E-state index is 0.423. The van der Waals surface area contributed by atoms with Gasteiger partial charge in [0.25, 0.3) is 6.43 Å². The van der Waals surface area contributed by atoms with Gasteiger partial charge in [0, 0.05) is 24.0 Å². The first-order valence-electron chi connectivity index (χ1n) is 8.33. The van der Waals surface area contributed by atoms with Crippen LogP contribution in [0.25, 0.3) is 16.6 Å². The maximum Gasteiger partial charge on any atom is 0.250 e. The highest BCUT2D eigenvalue weighted by Gasteiger charge is 2.28. The molecule has 138 valence electrons. The fraction of sp³-hybridized carbons (Fsp3) is 0.412. The summed E-state index contributed by atoms with van der Waals surface area (Å²) in [6.07, 6.45) is 1.77. The Kier molecular flexibility index (Phi) is 5.59. The number of likely N-dealkylation sites (tertiary alicyclic amines) is 1. The molecule has 0 spiro atoms. The Morgan fingerprint density at radius 3 is 2.69 bits per heavy atom. The molecule has 2 aromatic heterocycles. The van der Waals surface area contributed by atoms with Gasteiger partial charge < -0.3 is 20.9 Å². The molecule has 1 fully saturated rings. The lowest BCUT2D eigenvalue weighted by Gasteiger charge is -2.27. The van der Waals surface area contributed by atoms with Crippen LogP contribution < -0.4 is 11.1 Å². The van der Waals surface area contributed by atoms with Crippen molar-refractivity contribution in [2.24, 2.45) is 5.73 Å². The number of aromatic amines is 1. The number of pyridine rings is 1. The van der Waals surface area contributed by atoms with Crippen LogP contribution in [0.2, 0.25) is 0 Å². The summed E-state index contributed by atoms with van der Waals surface area (Å²) in [6, 6.07) is 3.93. The van der Waals surface area contributed by atoms with E-state index in [9.17, 15) is 8.78 Å². The second-order valence-corrected chi connectivity index (χ2v) is 6.49. The normalized spacial score (nSPS) is 16.2. The molecular formula is C17H19ClF2N6. The summed E-state index contributed by atoms with van der Waals surface area (Å²) < 4.78 is 21.3. The van der Waals surface area contributed by atoms with E-state index in [0.717, 1.165) is 46.1 Å². The molecule has 0 saturated carbocycles. The summed E-state index contributed by atoms with van der Waals surface area (Å²) in [5.74, 6) is 0.966. The fourth-order valence-corrected chi connectivity index (χ4v) is 3.47. The van der Waals surface area contributed by atoms with Crippen LogP contribution in [-0.2, 0) is 0 Å². The molecule has 4 rings (SSSR count). The summed E-state index contributed by atoms with van der Waals surface area (Å²) in [6.45, 7) is 2.17. The maximum atomic E-state index is 10.6. The molecule has 0 amide bonds. The summed E-state index contributed by atoms with van der Waals surface area (Å²) in [5.41, 5.74) is 7.94. The van der Waals surface area contributed by atoms with Crippen LogP contribution in [0.5, 0.6) is 0 Å². The third kappa shape index (κ3) is 3.59. The zero-order valence-electron chi connectivity index (χ0n) is 14.0. The van der Waals surface area contributed by atoms with E-state index < -0.39 is 13.0 Å². The lowest BCUT2D eigenvalue weighted by Crippen LogP contribution is -2.23. The number of rotatable bonds is 2. The van der Waals surface area contributed by atoms with Crippen LogP contribution in [0.4, 0.5) is 14.6 Å². The molecule has 2 aliphatic heterocycles. The van der Waals surface area contributed by atoms with Crippen molar-refractivity contribution in [3.05, 3.63) is 28.6 Å². The Balaban J connectivity index is 0.000000349. The third-order valence-electron chi connectivity index (χ3n) is 4.31. The number of anilines is 1. The number of nitriles is 1. The highest BCUT2D eigenvalue weighted by molar-refractivity contribution is 6.34. The number of nitrogens with two attached hydrogens (primary N) is 1. The average Bonchev–Trinajstić information content (AvgIpc) is 3.29. The van der Waals surface area contributed by atoms with Crippen molar-refractivity contribution in [2.75, 3.05) is 31.5 Å². The van der Waals surface area contributed by atoms with Crippen LogP contribution in [0.3, 0.4) is 0 Å². The molecule has 0 aromatic carbocycles. The molecule has 0 bridgehead atoms. The SMILES string of the molecule is N#Cc1cc2c3c([nH]c2cn1)NCC(Cl)=C3N1CCCC1.NCC(F)F. The van der Waals surface area contributed by atoms with Gasteiger partial charge in [-0.05, 0) is 18.9 Å². The number of fused-ring (bicyclic) bond motifs is 3. The van der Waals surface area contributed by atoms with E-state index in [1.807, 2.05) is 6.07 Å². The van der Waals surface area contributed by atoms with Gasteiger partial charge in [-0.1, -0.05) is 11.6 Å². The van der Waals surface area contributed by atoms with Gasteiger partial charge in [0.15, 0.2) is 0 Å². The highest BCUT2D eigenvalue weighted by atomic mass is 35.5. The smallest absolute Gasteiger partial charge is 0.250 e. The number of nitrogens with zero attached hydrogens (tertiary/aromatic N) is 3. The van der Waals surface area contributed by atoms with Crippen LogP contribution in [0.15, 0.2) is 17.3 Å². The van der Waals surface area contributed by atoms with Crippen molar-refractivity contribution in [1.29, 1.82) is 5.26 Å². The molecule has 4 N–H and O–H groups in total. The summed E-state index contributed by atoms with van der Waals surface area (Å²) >= 11 is 6.50. The van der Waals surface area contributed by atoms with Crippen molar-refractivity contribution in [3.63, 3.8) is 0 Å². The van der Waals surface area contributed by atoms with E-state index in [0.29, 0.717) is 12.2 Å². The second kappa shape index (κ2) is 7.89. The van der Waals surface area contributed by atoms with E-state index in [1.54, 1.807) is 6.20 Å². The van der Waals surface area contributed by atoms with Crippen molar-refractivity contribution in [3.8, 4) is 6.07 Å². The molecule has 2 aliphatic rings. The molecule has 0 atom stereocenters. The van der Waals surface area contributed by atoms with Crippen molar-refractivity contribution < 1.29 is 8.78 Å². The maximum absolute atomic E-state index is 10.6. The summed E-state index contributed by atoms with van der Waals surface area (Å²) in [7, 11) is 0. The highest BCUT2D eigenvalue weighted by Crippen LogP contribution is 2.40. The molecule has 0 radical (unpaired) electrons. The minimum atomic E-state index is -2.34. The second-order valence-electron chi connectivity index (χ2n) is 6.03. The van der Waals surface area contributed by atoms with Crippen LogP contribution in [0, 0.1) is 11.3 Å². The van der Waals surface area contributed by atoms with Crippen LogP contribution in [0.1, 0.15) is 24.1 Å². The van der Waals surface area contributed by atoms with Gasteiger partial charge in [-0.2, -0.15) is 5.26 Å². The Morgan fingerprint density at radius 1 is 1.38 bits per heavy atom. The zero-order chi connectivity index (χ0) is 18.7. The Hall–Kier alpha value is -2.37. The van der Waals surface area contributed by atoms with Crippen molar-refractivity contribution in [2.45, 2.75) is 19.3 Å². The Bertz CT molecular complexity index is 864. The Labute approximate surface area is 154 Å². The Morgan fingerprint density at radius 2 is 2.08 bits per heavy atom. The predicted molar refractivity (Wildman–Crippen MR) is 97.9 cm³/mol. The molecular weight excluding hydrogens is 362 g/mol. The van der Waals surface area contributed by atoms with E-state index >= 15 is 0 Å². The molecule has 6 nitrogen and oxygen atoms in total. The minimum Gasteiger partial charge on any atom is -0.370 e. The number of alkyl halides is 2. The standard InChI is InChI=1S/C15H14ClN5.C2H5F2N/c16-11-7-19-15-13(14(11)21-3-1-2-4-21)10-5-9(6-17)18-8-12(10)20-15;3-2(4)1-5/h5,8,19-20H,1-4,7H2;2H,1,5H2. The molecule has 4 heterocycles. The van der Waals surface area contributed by atoms with Gasteiger partial charge in [-0.3, -0.25) is 0 Å². The lowest BCUT2D eigenvalue weighted by molar-refractivity contribution is 0.158. The number of H-pyrrole nitrogens is 1. The van der Waals surface area contributed by atoms with E-state index in [2.05, 4.69) is 32.0 Å². The van der Waals surface area contributed by atoms with Gasteiger partial charge in [0.1, 0.15) is 17.6 Å². The zero-order valence-corrected chi connectivity index (χ0v) is 14.8. The van der Waals surface area contributed by atoms with Gasteiger partial charge in [0.2, 0.25) is 0 Å². The molecule has 9 heteroatoms. The lowest BCUT2D eigenvalue weighted by atomic mass is 10.1. The fourth-order valence-electron chi connectivity index (χ4n) is 3.19. The van der Waals surface area contributed by atoms with Crippen LogP contribution >= 0.6 is 11.6 Å². The van der Waals surface area contributed by atoms with Crippen molar-refractivity contribution >= 4 is 34.0 Å². The monoisotopic (exact) mass is 380 g/mol. The van der Waals surface area contributed by atoms with Gasteiger partial charge >= 0.3 is 0 Å². The third-order valence-corrected chi connectivity index (χ3v) is 4.62. The van der Waals surface area contributed by atoms with E-state index in [4.69, 9.17) is 16.9 Å². The first-order chi connectivity index (χ1) is 12.5. The summed E-state index contributed by atoms with van der Waals surface area (Å²) in [5, 5.41) is 14.2. The van der Waals surface area contributed by atoms with E-state index in [-0.39, 0.29) is 0 Å². The molecule has 0 aliphatic carbocycles. The average molecular weight is 381 g/mol. The quantitative estimate of drug-likeness (QED) is 0.744. The van der Waals surface area contributed by atoms with Crippen molar-refractivity contribution in [1.82, 2.24) is 14.9 Å². The molecule has 0 unspecified atom stereocenters. The molecule has 26 heavy (non-hydrogen) atoms. The summed E-state index contributed by atoms with van der Waals surface area (Å²) in [4.78, 5) is 9.82. The molecule has 2 aromatic rings. The number of hydrogen-bond acceptors (Lipinski definition) is 5. The van der Waals surface area contributed by atoms with Gasteiger partial charge in [-0.25, -0.2) is 13.8 Å². The van der Waals surface area contributed by atoms with E-state index in [1.165, 1.54) is 12.8 Å². The number of nitrogens with one attached hydrogen (secondary N) is 2. The van der Waals surface area contributed by atoms with Gasteiger partial charge in [0.05, 0.1) is 35.5 Å². The van der Waals surface area contributed by atoms with Crippen LogP contribution in [-0.4, -0.2) is 47.5 Å². The predicted octanol–water partition coefficient (Wildman–Crippen LogP) is 3.07.